The second-order valence-corrected chi connectivity index (χ2v) is 6.95. The minimum absolute atomic E-state index is 0.0223. The van der Waals surface area contributed by atoms with Gasteiger partial charge in [-0.25, -0.2) is 0 Å². The number of nitrogens with zero attached hydrogens (tertiary/aromatic N) is 2. The third-order valence-electron chi connectivity index (χ3n) is 4.81. The van der Waals surface area contributed by atoms with Crippen LogP contribution in [0.2, 0.25) is 0 Å². The van der Waals surface area contributed by atoms with E-state index in [-0.39, 0.29) is 11.8 Å². The van der Waals surface area contributed by atoms with Crippen LogP contribution in [0.4, 0.5) is 11.4 Å². The molecule has 6 heteroatoms. The second kappa shape index (κ2) is 9.90. The second-order valence-electron chi connectivity index (χ2n) is 6.95. The van der Waals surface area contributed by atoms with Crippen LogP contribution in [0.5, 0.6) is 0 Å². The average molecular weight is 380 g/mol. The molecule has 0 aromatic heterocycles. The first-order valence-electron chi connectivity index (χ1n) is 9.87. The van der Waals surface area contributed by atoms with Crippen LogP contribution in [0.1, 0.15) is 23.7 Å². The number of carbonyl (C=O) groups excluding carboxylic acids is 2. The molecule has 0 spiro atoms. The van der Waals surface area contributed by atoms with Crippen LogP contribution < -0.4 is 10.6 Å². The number of carbonyl (C=O) groups is 2. The number of amides is 2. The van der Waals surface area contributed by atoms with Crippen LogP contribution >= 0.6 is 0 Å². The van der Waals surface area contributed by atoms with Crippen molar-refractivity contribution in [2.24, 2.45) is 0 Å². The average Bonchev–Trinajstić information content (AvgIpc) is 2.73. The largest absolute Gasteiger partial charge is 0.355 e. The summed E-state index contributed by atoms with van der Waals surface area (Å²) < 4.78 is 0. The quantitative estimate of drug-likeness (QED) is 0.775. The van der Waals surface area contributed by atoms with Crippen LogP contribution in [-0.2, 0) is 4.79 Å². The van der Waals surface area contributed by atoms with Gasteiger partial charge in [-0.1, -0.05) is 37.3 Å². The molecule has 0 unspecified atom stereocenters. The Morgan fingerprint density at radius 3 is 2.32 bits per heavy atom. The van der Waals surface area contributed by atoms with Gasteiger partial charge in [-0.15, -0.1) is 0 Å². The van der Waals surface area contributed by atoms with Gasteiger partial charge in [-0.3, -0.25) is 14.5 Å². The van der Waals surface area contributed by atoms with Crippen molar-refractivity contribution in [1.82, 2.24) is 15.1 Å². The zero-order valence-electron chi connectivity index (χ0n) is 16.4. The SMILES string of the molecule is CCCNC(=O)CN1CCN(C(=O)c2ccccc2Nc2ccccc2)CC1. The number of anilines is 2. The number of nitrogens with one attached hydrogen (secondary N) is 2. The molecule has 0 saturated carbocycles. The summed E-state index contributed by atoms with van der Waals surface area (Å²) in [6.45, 7) is 5.81. The predicted octanol–water partition coefficient (Wildman–Crippen LogP) is 2.71. The molecular weight excluding hydrogens is 352 g/mol. The standard InChI is InChI=1S/C22H28N4O2/c1-2-12-23-21(27)17-25-13-15-26(16-14-25)22(28)19-10-6-7-11-20(19)24-18-8-4-3-5-9-18/h3-11,24H,2,12-17H2,1H3,(H,23,27). The van der Waals surface area contributed by atoms with E-state index in [0.717, 1.165) is 17.8 Å². The van der Waals surface area contributed by atoms with Crippen molar-refractivity contribution in [2.45, 2.75) is 13.3 Å². The van der Waals surface area contributed by atoms with Gasteiger partial charge in [0.15, 0.2) is 0 Å². The monoisotopic (exact) mass is 380 g/mol. The number of piperazine rings is 1. The number of benzene rings is 2. The van der Waals surface area contributed by atoms with E-state index >= 15 is 0 Å². The fraction of sp³-hybridized carbons (Fsp3) is 0.364. The molecule has 0 aliphatic carbocycles. The van der Waals surface area contributed by atoms with Gasteiger partial charge in [-0.2, -0.15) is 0 Å². The first-order chi connectivity index (χ1) is 13.7. The number of para-hydroxylation sites is 2. The van der Waals surface area contributed by atoms with E-state index < -0.39 is 0 Å². The minimum Gasteiger partial charge on any atom is -0.355 e. The smallest absolute Gasteiger partial charge is 0.256 e. The molecule has 0 atom stereocenters. The molecule has 2 amide bonds. The van der Waals surface area contributed by atoms with Gasteiger partial charge < -0.3 is 15.5 Å². The van der Waals surface area contributed by atoms with E-state index in [1.807, 2.05) is 66.4 Å². The number of hydrogen-bond acceptors (Lipinski definition) is 4. The molecule has 1 aliphatic heterocycles. The molecular formula is C22H28N4O2. The molecule has 1 aliphatic rings. The van der Waals surface area contributed by atoms with Gasteiger partial charge in [0.25, 0.3) is 5.91 Å². The summed E-state index contributed by atoms with van der Waals surface area (Å²) in [6, 6.07) is 17.4. The lowest BCUT2D eigenvalue weighted by Gasteiger charge is -2.34. The Labute approximate surface area is 166 Å². The maximum Gasteiger partial charge on any atom is 0.256 e. The van der Waals surface area contributed by atoms with E-state index in [0.29, 0.717) is 44.8 Å². The Balaban J connectivity index is 1.59. The molecule has 2 aromatic rings. The van der Waals surface area contributed by atoms with E-state index in [4.69, 9.17) is 0 Å². The van der Waals surface area contributed by atoms with Gasteiger partial charge in [-0.05, 0) is 30.7 Å². The summed E-state index contributed by atoms with van der Waals surface area (Å²) in [7, 11) is 0. The van der Waals surface area contributed by atoms with Crippen molar-refractivity contribution < 1.29 is 9.59 Å². The van der Waals surface area contributed by atoms with E-state index in [2.05, 4.69) is 15.5 Å². The number of hydrogen-bond donors (Lipinski definition) is 2. The van der Waals surface area contributed by atoms with Crippen molar-refractivity contribution in [3.8, 4) is 0 Å². The first kappa shape index (κ1) is 19.9. The van der Waals surface area contributed by atoms with Crippen molar-refractivity contribution in [1.29, 1.82) is 0 Å². The van der Waals surface area contributed by atoms with Crippen molar-refractivity contribution in [3.63, 3.8) is 0 Å². The fourth-order valence-corrected chi connectivity index (χ4v) is 3.26. The van der Waals surface area contributed by atoms with Gasteiger partial charge in [0, 0.05) is 38.4 Å². The zero-order chi connectivity index (χ0) is 19.8. The van der Waals surface area contributed by atoms with Crippen LogP contribution in [-0.4, -0.2) is 60.9 Å². The summed E-state index contributed by atoms with van der Waals surface area (Å²) >= 11 is 0. The summed E-state index contributed by atoms with van der Waals surface area (Å²) in [6.07, 6.45) is 0.935. The molecule has 1 fully saturated rings. The van der Waals surface area contributed by atoms with Gasteiger partial charge in [0.2, 0.25) is 5.91 Å². The lowest BCUT2D eigenvalue weighted by molar-refractivity contribution is -0.122. The van der Waals surface area contributed by atoms with Crippen LogP contribution in [0.25, 0.3) is 0 Å². The topological polar surface area (TPSA) is 64.7 Å². The summed E-state index contributed by atoms with van der Waals surface area (Å²) in [5, 5.41) is 6.24. The Morgan fingerprint density at radius 1 is 0.929 bits per heavy atom. The van der Waals surface area contributed by atoms with Crippen molar-refractivity contribution in [3.05, 3.63) is 60.2 Å². The molecule has 148 valence electrons. The Morgan fingerprint density at radius 2 is 1.61 bits per heavy atom. The maximum atomic E-state index is 13.1. The van der Waals surface area contributed by atoms with Crippen molar-refractivity contribution >= 4 is 23.2 Å². The van der Waals surface area contributed by atoms with E-state index in [9.17, 15) is 9.59 Å². The molecule has 3 rings (SSSR count). The highest BCUT2D eigenvalue weighted by molar-refractivity contribution is 6.00. The Bertz CT molecular complexity index is 786. The highest BCUT2D eigenvalue weighted by Gasteiger charge is 2.24. The number of rotatable bonds is 7. The van der Waals surface area contributed by atoms with Crippen molar-refractivity contribution in [2.75, 3.05) is 44.6 Å². The van der Waals surface area contributed by atoms with Crippen LogP contribution in [0.3, 0.4) is 0 Å². The lowest BCUT2D eigenvalue weighted by Crippen LogP contribution is -2.51. The summed E-state index contributed by atoms with van der Waals surface area (Å²) in [5.41, 5.74) is 2.42. The Hall–Kier alpha value is -2.86. The molecule has 0 bridgehead atoms. The van der Waals surface area contributed by atoms with E-state index in [1.54, 1.807) is 0 Å². The molecule has 2 N–H and O–H groups in total. The lowest BCUT2D eigenvalue weighted by atomic mass is 10.1. The molecule has 0 radical (unpaired) electrons. The van der Waals surface area contributed by atoms with Crippen LogP contribution in [0, 0.1) is 0 Å². The minimum atomic E-state index is 0.0223. The fourth-order valence-electron chi connectivity index (χ4n) is 3.26. The van der Waals surface area contributed by atoms with Gasteiger partial charge in [0.1, 0.15) is 0 Å². The Kier molecular flexibility index (Phi) is 7.03. The third-order valence-corrected chi connectivity index (χ3v) is 4.81. The predicted molar refractivity (Wildman–Crippen MR) is 112 cm³/mol. The van der Waals surface area contributed by atoms with Gasteiger partial charge >= 0.3 is 0 Å². The maximum absolute atomic E-state index is 13.1. The molecule has 28 heavy (non-hydrogen) atoms. The summed E-state index contributed by atoms with van der Waals surface area (Å²) in [4.78, 5) is 28.9. The molecule has 2 aromatic carbocycles. The molecule has 6 nitrogen and oxygen atoms in total. The first-order valence-corrected chi connectivity index (χ1v) is 9.87. The van der Waals surface area contributed by atoms with E-state index in [1.165, 1.54) is 0 Å². The van der Waals surface area contributed by atoms with Crippen LogP contribution in [0.15, 0.2) is 54.6 Å². The highest BCUT2D eigenvalue weighted by Crippen LogP contribution is 2.22. The molecule has 1 saturated heterocycles. The van der Waals surface area contributed by atoms with Gasteiger partial charge in [0.05, 0.1) is 17.8 Å². The molecule has 1 heterocycles. The zero-order valence-corrected chi connectivity index (χ0v) is 16.4. The third kappa shape index (κ3) is 5.33. The highest BCUT2D eigenvalue weighted by atomic mass is 16.2. The summed E-state index contributed by atoms with van der Waals surface area (Å²) in [5.74, 6) is 0.0770. The normalized spacial score (nSPS) is 14.5.